The van der Waals surface area contributed by atoms with Gasteiger partial charge in [-0.05, 0) is 87.2 Å². The number of fused-ring (bicyclic) bond motifs is 1. The molecular formula is C26H33N3O4. The topological polar surface area (TPSA) is 79.9 Å². The van der Waals surface area contributed by atoms with E-state index in [4.69, 9.17) is 9.47 Å². The third kappa shape index (κ3) is 5.47. The van der Waals surface area contributed by atoms with E-state index in [0.717, 1.165) is 6.54 Å². The first-order valence-corrected chi connectivity index (χ1v) is 11.7. The number of carbonyl (C=O) groups excluding carboxylic acids is 2. The van der Waals surface area contributed by atoms with Crippen molar-refractivity contribution in [2.75, 3.05) is 39.2 Å². The fourth-order valence-electron chi connectivity index (χ4n) is 5.03. The molecule has 2 saturated heterocycles. The summed E-state index contributed by atoms with van der Waals surface area (Å²) in [6.45, 7) is 3.12. The Labute approximate surface area is 195 Å². The van der Waals surface area contributed by atoms with E-state index in [-0.39, 0.29) is 11.8 Å². The van der Waals surface area contributed by atoms with E-state index < -0.39 is 0 Å². The van der Waals surface area contributed by atoms with Gasteiger partial charge in [0.1, 0.15) is 0 Å². The molecule has 7 heteroatoms. The summed E-state index contributed by atoms with van der Waals surface area (Å²) in [5, 5.41) is 5.99. The molecule has 2 aromatic rings. The van der Waals surface area contributed by atoms with E-state index in [1.165, 1.54) is 52.3 Å². The Hall–Kier alpha value is -3.06. The molecule has 2 aliphatic rings. The molecule has 0 spiro atoms. The predicted molar refractivity (Wildman–Crippen MR) is 128 cm³/mol. The first kappa shape index (κ1) is 23.1. The quantitative estimate of drug-likeness (QED) is 0.666. The average Bonchev–Trinajstić information content (AvgIpc) is 2.87. The monoisotopic (exact) mass is 451 g/mol. The van der Waals surface area contributed by atoms with Crippen LogP contribution < -0.4 is 20.1 Å². The molecular weight excluding hydrogens is 418 g/mol. The van der Waals surface area contributed by atoms with E-state index in [0.29, 0.717) is 40.3 Å². The summed E-state index contributed by atoms with van der Waals surface area (Å²) in [6.07, 6.45) is 6.23. The Balaban J connectivity index is 1.32. The minimum absolute atomic E-state index is 0.0688. The van der Waals surface area contributed by atoms with Crippen molar-refractivity contribution in [2.24, 2.45) is 5.92 Å². The molecule has 176 valence electrons. The number of nitrogens with zero attached hydrogens (tertiary/aromatic N) is 1. The number of rotatable bonds is 7. The number of carbonyl (C=O) groups is 2. The van der Waals surface area contributed by atoms with Crippen LogP contribution in [0.3, 0.4) is 0 Å². The maximum absolute atomic E-state index is 12.7. The minimum Gasteiger partial charge on any atom is -0.493 e. The van der Waals surface area contributed by atoms with Gasteiger partial charge in [-0.1, -0.05) is 6.42 Å². The Bertz CT molecular complexity index is 974. The van der Waals surface area contributed by atoms with Crippen LogP contribution in [0.1, 0.15) is 52.8 Å². The van der Waals surface area contributed by atoms with Crippen molar-refractivity contribution in [2.45, 2.75) is 38.1 Å². The largest absolute Gasteiger partial charge is 0.493 e. The summed E-state index contributed by atoms with van der Waals surface area (Å²) in [5.41, 5.74) is 1.67. The van der Waals surface area contributed by atoms with Crippen LogP contribution >= 0.6 is 0 Å². The predicted octanol–water partition coefficient (Wildman–Crippen LogP) is 3.95. The van der Waals surface area contributed by atoms with Crippen LogP contribution in [0, 0.1) is 5.92 Å². The first-order chi connectivity index (χ1) is 16.1. The van der Waals surface area contributed by atoms with E-state index in [1.807, 2.05) is 0 Å². The molecule has 0 radical (unpaired) electrons. The van der Waals surface area contributed by atoms with Crippen LogP contribution in [0.4, 0.5) is 5.69 Å². The summed E-state index contributed by atoms with van der Waals surface area (Å²) in [7, 11) is 3.08. The van der Waals surface area contributed by atoms with Crippen molar-refractivity contribution in [3.63, 3.8) is 0 Å². The molecule has 2 aliphatic heterocycles. The number of ether oxygens (including phenoxy) is 2. The van der Waals surface area contributed by atoms with Gasteiger partial charge >= 0.3 is 0 Å². The molecule has 2 atom stereocenters. The number of benzene rings is 2. The van der Waals surface area contributed by atoms with Crippen molar-refractivity contribution in [1.82, 2.24) is 10.2 Å². The number of anilines is 1. The lowest BCUT2D eigenvalue weighted by Gasteiger charge is -2.44. The van der Waals surface area contributed by atoms with Crippen molar-refractivity contribution < 1.29 is 19.1 Å². The van der Waals surface area contributed by atoms with Crippen LogP contribution in [-0.2, 0) is 0 Å². The highest BCUT2D eigenvalue weighted by molar-refractivity contribution is 6.05. The van der Waals surface area contributed by atoms with Crippen molar-refractivity contribution in [3.05, 3.63) is 53.6 Å². The van der Waals surface area contributed by atoms with E-state index in [2.05, 4.69) is 15.5 Å². The van der Waals surface area contributed by atoms with Gasteiger partial charge in [0.15, 0.2) is 11.5 Å². The lowest BCUT2D eigenvalue weighted by Crippen LogP contribution is -2.51. The second kappa shape index (κ2) is 10.7. The number of piperidine rings is 2. The molecule has 0 bridgehead atoms. The van der Waals surface area contributed by atoms with E-state index in [9.17, 15) is 9.59 Å². The third-order valence-corrected chi connectivity index (χ3v) is 6.80. The van der Waals surface area contributed by atoms with Crippen LogP contribution in [0.5, 0.6) is 11.5 Å². The normalized spacial score (nSPS) is 20.4. The Kier molecular flexibility index (Phi) is 7.50. The lowest BCUT2D eigenvalue weighted by atomic mass is 9.83. The fourth-order valence-corrected chi connectivity index (χ4v) is 5.03. The Morgan fingerprint density at radius 2 is 1.61 bits per heavy atom. The smallest absolute Gasteiger partial charge is 0.255 e. The van der Waals surface area contributed by atoms with Gasteiger partial charge in [-0.3, -0.25) is 9.59 Å². The number of methoxy groups -OCH3 is 2. The van der Waals surface area contributed by atoms with E-state index in [1.54, 1.807) is 49.6 Å². The van der Waals surface area contributed by atoms with Gasteiger partial charge in [0.05, 0.1) is 14.2 Å². The molecule has 0 saturated carbocycles. The highest BCUT2D eigenvalue weighted by Crippen LogP contribution is 2.30. The van der Waals surface area contributed by atoms with Gasteiger partial charge in [0.2, 0.25) is 0 Å². The second-order valence-electron chi connectivity index (χ2n) is 8.81. The van der Waals surface area contributed by atoms with Crippen LogP contribution in [0.25, 0.3) is 0 Å². The molecule has 0 aromatic heterocycles. The molecule has 2 heterocycles. The highest BCUT2D eigenvalue weighted by atomic mass is 16.5. The fraction of sp³-hybridized carbons (Fsp3) is 0.462. The molecule has 0 unspecified atom stereocenters. The van der Waals surface area contributed by atoms with Crippen LogP contribution in [-0.4, -0.2) is 56.6 Å². The molecule has 2 aromatic carbocycles. The second-order valence-corrected chi connectivity index (χ2v) is 8.81. The zero-order chi connectivity index (χ0) is 23.2. The van der Waals surface area contributed by atoms with Crippen LogP contribution in [0.15, 0.2) is 42.5 Å². The molecule has 0 aliphatic carbocycles. The van der Waals surface area contributed by atoms with Gasteiger partial charge in [-0.15, -0.1) is 0 Å². The van der Waals surface area contributed by atoms with Crippen molar-refractivity contribution >= 4 is 17.5 Å². The summed E-state index contributed by atoms with van der Waals surface area (Å²) < 4.78 is 10.5. The standard InChI is InChI=1S/C26H33N3O4/c1-32-23-13-10-19(16-24(23)33-2)26(31)28-21-11-8-18(9-12-21)25(30)27-17-20-6-5-15-29-14-4-3-7-22(20)29/h8-13,16,20,22H,3-7,14-15,17H2,1-2H3,(H,27,30)(H,28,31)/t20-,22-/m1/s1. The molecule has 2 fully saturated rings. The third-order valence-electron chi connectivity index (χ3n) is 6.80. The first-order valence-electron chi connectivity index (χ1n) is 11.7. The van der Waals surface area contributed by atoms with Crippen molar-refractivity contribution in [1.29, 1.82) is 0 Å². The SMILES string of the molecule is COc1ccc(C(=O)Nc2ccc(C(=O)NC[C@H]3CCCN4CCCC[C@H]34)cc2)cc1OC. The summed E-state index contributed by atoms with van der Waals surface area (Å²) in [4.78, 5) is 27.9. The molecule has 2 N–H and O–H groups in total. The molecule has 4 rings (SSSR count). The number of hydrogen-bond acceptors (Lipinski definition) is 5. The van der Waals surface area contributed by atoms with E-state index >= 15 is 0 Å². The minimum atomic E-state index is -0.262. The maximum Gasteiger partial charge on any atom is 0.255 e. The highest BCUT2D eigenvalue weighted by Gasteiger charge is 2.32. The van der Waals surface area contributed by atoms with Crippen LogP contribution in [0.2, 0.25) is 0 Å². The van der Waals surface area contributed by atoms with Gasteiger partial charge in [-0.25, -0.2) is 0 Å². The molecule has 7 nitrogen and oxygen atoms in total. The maximum atomic E-state index is 12.7. The Morgan fingerprint density at radius 1 is 0.879 bits per heavy atom. The summed E-state index contributed by atoms with van der Waals surface area (Å²) >= 11 is 0. The van der Waals surface area contributed by atoms with Crippen molar-refractivity contribution in [3.8, 4) is 11.5 Å². The van der Waals surface area contributed by atoms with Gasteiger partial charge in [-0.2, -0.15) is 0 Å². The summed E-state index contributed by atoms with van der Waals surface area (Å²) in [6, 6.07) is 12.6. The average molecular weight is 452 g/mol. The number of amides is 2. The zero-order valence-corrected chi connectivity index (χ0v) is 19.4. The summed E-state index contributed by atoms with van der Waals surface area (Å²) in [5.74, 6) is 1.26. The number of hydrogen-bond donors (Lipinski definition) is 2. The van der Waals surface area contributed by atoms with Gasteiger partial charge < -0.3 is 25.0 Å². The molecule has 33 heavy (non-hydrogen) atoms. The van der Waals surface area contributed by atoms with Gasteiger partial charge in [0, 0.05) is 29.4 Å². The number of nitrogens with one attached hydrogen (secondary N) is 2. The van der Waals surface area contributed by atoms with Gasteiger partial charge in [0.25, 0.3) is 11.8 Å². The zero-order valence-electron chi connectivity index (χ0n) is 19.4. The Morgan fingerprint density at radius 3 is 2.36 bits per heavy atom. The molecule has 2 amide bonds. The lowest BCUT2D eigenvalue weighted by molar-refractivity contribution is 0.0575.